The Kier molecular flexibility index (Phi) is 3.72. The summed E-state index contributed by atoms with van der Waals surface area (Å²) in [5.41, 5.74) is 2.38. The number of fused-ring (bicyclic) bond motifs is 5. The van der Waals surface area contributed by atoms with Gasteiger partial charge < -0.3 is 9.84 Å². The summed E-state index contributed by atoms with van der Waals surface area (Å²) in [7, 11) is 0. The summed E-state index contributed by atoms with van der Waals surface area (Å²) in [6.07, 6.45) is 2.81. The molecule has 5 fully saturated rings. The number of nitrogens with zero attached hydrogens (tertiary/aromatic N) is 3. The second-order valence-corrected chi connectivity index (χ2v) is 8.70. The summed E-state index contributed by atoms with van der Waals surface area (Å²) in [6, 6.07) is 0.763. The van der Waals surface area contributed by atoms with Crippen LogP contribution in [0.1, 0.15) is 29.9 Å². The Morgan fingerprint density at radius 3 is 2.71 bits per heavy atom. The molecule has 0 radical (unpaired) electrons. The Hall–Kier alpha value is -0.910. The smallest absolute Gasteiger partial charge is 0.138 e. The van der Waals surface area contributed by atoms with Crippen molar-refractivity contribution in [1.82, 2.24) is 20.3 Å². The lowest BCUT2D eigenvalue weighted by atomic mass is 9.94. The van der Waals surface area contributed by atoms with Crippen LogP contribution in [0.5, 0.6) is 0 Å². The second-order valence-electron chi connectivity index (χ2n) is 8.70. The van der Waals surface area contributed by atoms with Crippen LogP contribution in [-0.4, -0.2) is 60.3 Å². The summed E-state index contributed by atoms with van der Waals surface area (Å²) in [5, 5.41) is 7.67. The quantitative estimate of drug-likeness (QED) is 0.909. The Morgan fingerprint density at radius 2 is 1.96 bits per heavy atom. The highest BCUT2D eigenvalue weighted by molar-refractivity contribution is 5.20. The minimum Gasteiger partial charge on any atom is -0.361 e. The molecule has 1 aliphatic carbocycles. The van der Waals surface area contributed by atoms with E-state index in [0.717, 1.165) is 47.7 Å². The zero-order valence-corrected chi connectivity index (χ0v) is 15.0. The molecule has 1 saturated carbocycles. The van der Waals surface area contributed by atoms with Crippen molar-refractivity contribution in [3.8, 4) is 0 Å². The first-order chi connectivity index (χ1) is 11.7. The van der Waals surface area contributed by atoms with E-state index in [9.17, 15) is 0 Å². The average molecular weight is 330 g/mol. The number of aryl methyl sites for hydroxylation is 2. The van der Waals surface area contributed by atoms with Gasteiger partial charge in [-0.15, -0.1) is 0 Å². The second kappa shape index (κ2) is 5.82. The predicted octanol–water partition coefficient (Wildman–Crippen LogP) is 1.65. The van der Waals surface area contributed by atoms with Crippen molar-refractivity contribution in [2.75, 3.05) is 39.3 Å². The molecule has 1 N–H and O–H groups in total. The first kappa shape index (κ1) is 15.4. The molecule has 5 heteroatoms. The van der Waals surface area contributed by atoms with E-state index in [0.29, 0.717) is 0 Å². The molecular weight excluding hydrogens is 300 g/mol. The van der Waals surface area contributed by atoms with E-state index < -0.39 is 0 Å². The number of hydrogen-bond donors (Lipinski definition) is 1. The lowest BCUT2D eigenvalue weighted by Crippen LogP contribution is -2.45. The van der Waals surface area contributed by atoms with Gasteiger partial charge >= 0.3 is 0 Å². The van der Waals surface area contributed by atoms with E-state index in [1.807, 2.05) is 6.92 Å². The third kappa shape index (κ3) is 2.61. The molecule has 0 spiro atoms. The molecule has 6 rings (SSSR count). The Bertz CT molecular complexity index is 585. The van der Waals surface area contributed by atoms with Gasteiger partial charge in [-0.3, -0.25) is 9.80 Å². The Balaban J connectivity index is 1.25. The minimum atomic E-state index is 0.763. The maximum absolute atomic E-state index is 5.37. The van der Waals surface area contributed by atoms with Crippen molar-refractivity contribution >= 4 is 0 Å². The fourth-order valence-electron chi connectivity index (χ4n) is 5.67. The van der Waals surface area contributed by atoms with Crippen LogP contribution in [0, 0.1) is 37.5 Å². The monoisotopic (exact) mass is 330 g/mol. The van der Waals surface area contributed by atoms with E-state index in [4.69, 9.17) is 4.52 Å². The minimum absolute atomic E-state index is 0.763. The van der Waals surface area contributed by atoms with Gasteiger partial charge in [-0.25, -0.2) is 0 Å². The highest BCUT2D eigenvalue weighted by Gasteiger charge is 2.53. The molecule has 0 aromatic carbocycles. The lowest BCUT2D eigenvalue weighted by Gasteiger charge is -2.36. The summed E-state index contributed by atoms with van der Waals surface area (Å²) >= 11 is 0. The van der Waals surface area contributed by atoms with Gasteiger partial charge in [0, 0.05) is 44.3 Å². The fraction of sp³-hybridized carbons (Fsp3) is 0.842. The first-order valence-corrected chi connectivity index (χ1v) is 9.78. The molecule has 5 atom stereocenters. The van der Waals surface area contributed by atoms with Crippen molar-refractivity contribution < 1.29 is 4.52 Å². The average Bonchev–Trinajstić information content (AvgIpc) is 2.95. The van der Waals surface area contributed by atoms with Crippen LogP contribution in [0.2, 0.25) is 0 Å². The van der Waals surface area contributed by atoms with E-state index in [2.05, 4.69) is 27.2 Å². The number of rotatable bonds is 4. The molecule has 4 aliphatic heterocycles. The van der Waals surface area contributed by atoms with Crippen molar-refractivity contribution in [1.29, 1.82) is 0 Å². The molecule has 5 heterocycles. The number of nitrogens with one attached hydrogen (secondary N) is 1. The molecule has 1 unspecified atom stereocenters. The van der Waals surface area contributed by atoms with Gasteiger partial charge in [0.15, 0.2) is 0 Å². The highest BCUT2D eigenvalue weighted by atomic mass is 16.5. The standard InChI is InChI=1S/C19H30N4O/c1-12-18(13(2)24-21-12)10-22-7-14-3-4-15(9-22)23(8-14)11-19-16-5-20-6-17(16)19/h14-17,19-20H,3-11H2,1-2H3/t14-,15+,16-,17+,19?/m1/s1. The summed E-state index contributed by atoms with van der Waals surface area (Å²) in [4.78, 5) is 5.52. The highest BCUT2D eigenvalue weighted by Crippen LogP contribution is 2.49. The maximum Gasteiger partial charge on any atom is 0.138 e. The van der Waals surface area contributed by atoms with E-state index in [1.165, 1.54) is 57.7 Å². The summed E-state index contributed by atoms with van der Waals surface area (Å²) in [6.45, 7) is 12.8. The lowest BCUT2D eigenvalue weighted by molar-refractivity contribution is 0.120. The molecule has 24 heavy (non-hydrogen) atoms. The van der Waals surface area contributed by atoms with Gasteiger partial charge in [0.05, 0.1) is 5.69 Å². The topological polar surface area (TPSA) is 44.5 Å². The molecule has 5 nitrogen and oxygen atoms in total. The van der Waals surface area contributed by atoms with Crippen LogP contribution in [0.3, 0.4) is 0 Å². The third-order valence-corrected chi connectivity index (χ3v) is 7.18. The Morgan fingerprint density at radius 1 is 1.12 bits per heavy atom. The Labute approximate surface area is 144 Å². The van der Waals surface area contributed by atoms with Crippen LogP contribution in [0.4, 0.5) is 0 Å². The van der Waals surface area contributed by atoms with Crippen LogP contribution in [0.25, 0.3) is 0 Å². The van der Waals surface area contributed by atoms with Gasteiger partial charge in [0.25, 0.3) is 0 Å². The summed E-state index contributed by atoms with van der Waals surface area (Å²) in [5.74, 6) is 4.82. The van der Waals surface area contributed by atoms with E-state index in [1.54, 1.807) is 0 Å². The maximum atomic E-state index is 5.37. The van der Waals surface area contributed by atoms with Gasteiger partial charge in [-0.2, -0.15) is 0 Å². The van der Waals surface area contributed by atoms with Crippen LogP contribution >= 0.6 is 0 Å². The van der Waals surface area contributed by atoms with Crippen LogP contribution in [-0.2, 0) is 6.54 Å². The molecule has 4 saturated heterocycles. The SMILES string of the molecule is Cc1noc(C)c1CN1C[C@H]2CC[C@@H](C1)N(CC1[C@H]3CNC[C@@H]13)C2. The molecule has 2 bridgehead atoms. The third-order valence-electron chi connectivity index (χ3n) is 7.18. The zero-order valence-electron chi connectivity index (χ0n) is 15.0. The number of aromatic nitrogens is 1. The normalized spacial score (nSPS) is 39.2. The molecular formula is C19H30N4O. The number of hydrogen-bond acceptors (Lipinski definition) is 5. The largest absolute Gasteiger partial charge is 0.361 e. The van der Waals surface area contributed by atoms with Gasteiger partial charge in [0.1, 0.15) is 5.76 Å². The van der Waals surface area contributed by atoms with Crippen molar-refractivity contribution in [3.63, 3.8) is 0 Å². The van der Waals surface area contributed by atoms with E-state index >= 15 is 0 Å². The molecule has 0 amide bonds. The molecule has 5 aliphatic rings. The van der Waals surface area contributed by atoms with E-state index in [-0.39, 0.29) is 0 Å². The number of piperidine rings is 2. The van der Waals surface area contributed by atoms with Gasteiger partial charge in [-0.1, -0.05) is 5.16 Å². The molecule has 132 valence electrons. The van der Waals surface area contributed by atoms with Gasteiger partial charge in [0.2, 0.25) is 0 Å². The zero-order chi connectivity index (χ0) is 16.3. The van der Waals surface area contributed by atoms with Crippen LogP contribution < -0.4 is 5.32 Å². The first-order valence-electron chi connectivity index (χ1n) is 9.78. The molecule has 1 aromatic rings. The van der Waals surface area contributed by atoms with Gasteiger partial charge in [-0.05, 0) is 63.5 Å². The van der Waals surface area contributed by atoms with Crippen LogP contribution in [0.15, 0.2) is 4.52 Å². The predicted molar refractivity (Wildman–Crippen MR) is 92.7 cm³/mol. The summed E-state index contributed by atoms with van der Waals surface area (Å²) < 4.78 is 5.37. The van der Waals surface area contributed by atoms with Crippen molar-refractivity contribution in [2.45, 2.75) is 39.3 Å². The van der Waals surface area contributed by atoms with Crippen molar-refractivity contribution in [2.24, 2.45) is 23.7 Å². The fourth-order valence-corrected chi connectivity index (χ4v) is 5.67. The van der Waals surface area contributed by atoms with Crippen molar-refractivity contribution in [3.05, 3.63) is 17.0 Å². The molecule has 1 aromatic heterocycles.